The smallest absolute Gasteiger partial charge is 0.332 e. The molecule has 216 valence electrons. The van der Waals surface area contributed by atoms with Crippen molar-refractivity contribution in [2.24, 2.45) is 5.73 Å². The Kier molecular flexibility index (Phi) is 7.30. The van der Waals surface area contributed by atoms with E-state index in [-0.39, 0.29) is 19.1 Å². The Morgan fingerprint density at radius 3 is 2.66 bits per heavy atom. The van der Waals surface area contributed by atoms with Gasteiger partial charge in [-0.15, -0.1) is 11.3 Å². The number of rotatable bonds is 10. The van der Waals surface area contributed by atoms with Gasteiger partial charge in [0.2, 0.25) is 11.8 Å². The highest BCUT2D eigenvalue weighted by atomic mass is 32.1. The second-order valence-electron chi connectivity index (χ2n) is 10.7. The van der Waals surface area contributed by atoms with Crippen LogP contribution in [0.1, 0.15) is 49.3 Å². The van der Waals surface area contributed by atoms with Gasteiger partial charge in [0.1, 0.15) is 22.9 Å². The molecule has 11 nitrogen and oxygen atoms in total. The minimum Gasteiger partial charge on any atom is -0.496 e. The van der Waals surface area contributed by atoms with Crippen LogP contribution in [0.2, 0.25) is 0 Å². The van der Waals surface area contributed by atoms with Crippen LogP contribution in [-0.4, -0.2) is 46.5 Å². The van der Waals surface area contributed by atoms with Crippen LogP contribution in [-0.2, 0) is 26.4 Å². The number of para-hydroxylation sites is 1. The molecule has 2 N–H and O–H groups in total. The zero-order valence-corrected chi connectivity index (χ0v) is 23.8. The Labute approximate surface area is 239 Å². The van der Waals surface area contributed by atoms with E-state index in [0.717, 1.165) is 18.4 Å². The summed E-state index contributed by atoms with van der Waals surface area (Å²) in [5.74, 6) is 0.446. The standard InChI is InChI=1S/C29H32N4O7S/c1-17-23-26(35)33(29(9-10-29)15-22(30)34)28(36)32(27(23)41-24(17)25-31-11-14-39-25)16-21(40-18-7-12-38-13-8-18)19-5-3-4-6-20(19)37-2/h3-6,11,14,18,21H,7-10,12-13,15-16H2,1-2H3,(H2,30,34)/t21-/m0/s1. The van der Waals surface area contributed by atoms with Crippen LogP contribution in [0.15, 0.2) is 50.7 Å². The van der Waals surface area contributed by atoms with Gasteiger partial charge in [-0.25, -0.2) is 9.78 Å². The van der Waals surface area contributed by atoms with E-state index < -0.39 is 28.8 Å². The lowest BCUT2D eigenvalue weighted by Crippen LogP contribution is -2.47. The summed E-state index contributed by atoms with van der Waals surface area (Å²) in [4.78, 5) is 45.8. The van der Waals surface area contributed by atoms with Crippen molar-refractivity contribution in [1.82, 2.24) is 14.1 Å². The maximum absolute atomic E-state index is 14.3. The zero-order chi connectivity index (χ0) is 28.7. The number of oxazole rings is 1. The molecular weight excluding hydrogens is 548 g/mol. The molecule has 6 rings (SSSR count). The molecule has 4 aromatic rings. The number of nitrogens with two attached hydrogens (primary N) is 1. The molecule has 1 saturated carbocycles. The van der Waals surface area contributed by atoms with Crippen LogP contribution in [0.3, 0.4) is 0 Å². The number of aromatic nitrogens is 3. The van der Waals surface area contributed by atoms with E-state index in [1.807, 2.05) is 31.2 Å². The number of primary amides is 1. The van der Waals surface area contributed by atoms with Crippen molar-refractivity contribution in [3.05, 3.63) is 68.7 Å². The van der Waals surface area contributed by atoms with Gasteiger partial charge >= 0.3 is 5.69 Å². The number of hydrogen-bond donors (Lipinski definition) is 1. The molecule has 1 amide bonds. The maximum atomic E-state index is 14.3. The average molecular weight is 581 g/mol. The first-order valence-electron chi connectivity index (χ1n) is 13.7. The van der Waals surface area contributed by atoms with Crippen LogP contribution >= 0.6 is 11.3 Å². The third kappa shape index (κ3) is 5.00. The van der Waals surface area contributed by atoms with Gasteiger partial charge in [0.25, 0.3) is 5.56 Å². The van der Waals surface area contributed by atoms with Crippen molar-refractivity contribution >= 4 is 27.5 Å². The Morgan fingerprint density at radius 2 is 2.00 bits per heavy atom. The van der Waals surface area contributed by atoms with E-state index >= 15 is 0 Å². The van der Waals surface area contributed by atoms with Crippen LogP contribution in [0.4, 0.5) is 0 Å². The maximum Gasteiger partial charge on any atom is 0.332 e. The summed E-state index contributed by atoms with van der Waals surface area (Å²) >= 11 is 1.28. The van der Waals surface area contributed by atoms with Crippen molar-refractivity contribution < 1.29 is 23.4 Å². The number of carbonyl (C=O) groups excluding carboxylic acids is 1. The number of aryl methyl sites for hydroxylation is 1. The van der Waals surface area contributed by atoms with Gasteiger partial charge in [0.05, 0.1) is 48.2 Å². The van der Waals surface area contributed by atoms with E-state index in [1.54, 1.807) is 11.7 Å². The third-order valence-corrected chi connectivity index (χ3v) is 9.31. The van der Waals surface area contributed by atoms with Crippen LogP contribution < -0.4 is 21.7 Å². The summed E-state index contributed by atoms with van der Waals surface area (Å²) in [6.07, 6.45) is 4.76. The molecule has 2 aliphatic rings. The molecule has 41 heavy (non-hydrogen) atoms. The number of carbonyl (C=O) groups is 1. The molecule has 1 saturated heterocycles. The number of ether oxygens (including phenoxy) is 3. The first-order valence-corrected chi connectivity index (χ1v) is 14.5. The fourth-order valence-electron chi connectivity index (χ4n) is 5.77. The van der Waals surface area contributed by atoms with E-state index in [0.29, 0.717) is 58.4 Å². The van der Waals surface area contributed by atoms with Crippen molar-refractivity contribution in [1.29, 1.82) is 0 Å². The number of hydrogen-bond acceptors (Lipinski definition) is 9. The molecule has 0 radical (unpaired) electrons. The largest absolute Gasteiger partial charge is 0.496 e. The summed E-state index contributed by atoms with van der Waals surface area (Å²) in [7, 11) is 1.60. The van der Waals surface area contributed by atoms with Crippen molar-refractivity contribution in [2.75, 3.05) is 20.3 Å². The van der Waals surface area contributed by atoms with E-state index in [2.05, 4.69) is 4.98 Å². The van der Waals surface area contributed by atoms with Crippen molar-refractivity contribution in [3.63, 3.8) is 0 Å². The number of thiophene rings is 1. The second kappa shape index (κ2) is 10.9. The predicted molar refractivity (Wildman–Crippen MR) is 152 cm³/mol. The van der Waals surface area contributed by atoms with Crippen molar-refractivity contribution in [2.45, 2.75) is 63.3 Å². The van der Waals surface area contributed by atoms with Gasteiger partial charge in [0, 0.05) is 18.8 Å². The third-order valence-electron chi connectivity index (χ3n) is 8.00. The van der Waals surface area contributed by atoms with Gasteiger partial charge in [-0.2, -0.15) is 0 Å². The Bertz CT molecular complexity index is 1690. The number of fused-ring (bicyclic) bond motifs is 1. The second-order valence-corrected chi connectivity index (χ2v) is 11.7. The molecule has 1 aliphatic carbocycles. The van der Waals surface area contributed by atoms with Crippen molar-refractivity contribution in [3.8, 4) is 16.5 Å². The lowest BCUT2D eigenvalue weighted by molar-refractivity contribution is -0.119. The van der Waals surface area contributed by atoms with E-state index in [9.17, 15) is 14.4 Å². The molecule has 1 atom stereocenters. The molecule has 0 unspecified atom stereocenters. The normalized spacial score (nSPS) is 17.5. The topological polar surface area (TPSA) is 141 Å². The Hall–Kier alpha value is -3.74. The van der Waals surface area contributed by atoms with Gasteiger partial charge in [-0.05, 0) is 44.2 Å². The Morgan fingerprint density at radius 1 is 1.24 bits per heavy atom. The molecule has 0 bridgehead atoms. The summed E-state index contributed by atoms with van der Waals surface area (Å²) in [6, 6.07) is 7.56. The monoisotopic (exact) mass is 580 g/mol. The number of nitrogens with zero attached hydrogens (tertiary/aromatic N) is 3. The van der Waals surface area contributed by atoms with Crippen LogP contribution in [0.25, 0.3) is 21.0 Å². The lowest BCUT2D eigenvalue weighted by atomic mass is 10.1. The molecule has 2 fully saturated rings. The molecule has 0 spiro atoms. The molecule has 3 aromatic heterocycles. The summed E-state index contributed by atoms with van der Waals surface area (Å²) in [5.41, 5.74) is 5.15. The minimum atomic E-state index is -0.936. The van der Waals surface area contributed by atoms with Gasteiger partial charge < -0.3 is 24.4 Å². The highest BCUT2D eigenvalue weighted by Crippen LogP contribution is 2.46. The Balaban J connectivity index is 1.56. The number of amides is 1. The minimum absolute atomic E-state index is 0.0756. The highest BCUT2D eigenvalue weighted by Gasteiger charge is 2.49. The number of methoxy groups -OCH3 is 1. The molecular formula is C29H32N4O7S. The van der Waals surface area contributed by atoms with E-state index in [4.69, 9.17) is 24.4 Å². The number of benzene rings is 1. The van der Waals surface area contributed by atoms with Gasteiger partial charge in [0.15, 0.2) is 0 Å². The molecule has 1 aromatic carbocycles. The van der Waals surface area contributed by atoms with Crippen LogP contribution in [0, 0.1) is 6.92 Å². The summed E-state index contributed by atoms with van der Waals surface area (Å²) in [6.45, 7) is 3.13. The molecule has 12 heteroatoms. The molecule has 1 aliphatic heterocycles. The average Bonchev–Trinajstić information content (AvgIpc) is 3.35. The summed E-state index contributed by atoms with van der Waals surface area (Å²) < 4.78 is 26.3. The fourth-order valence-corrected chi connectivity index (χ4v) is 7.01. The lowest BCUT2D eigenvalue weighted by Gasteiger charge is -2.29. The SMILES string of the molecule is COc1ccccc1[C@H](Cn1c(=O)n(C2(CC(N)=O)CC2)c(=O)c2c(C)c(-c3ncco3)sc21)OC1CCOCC1. The highest BCUT2D eigenvalue weighted by molar-refractivity contribution is 7.22. The molecule has 4 heterocycles. The summed E-state index contributed by atoms with van der Waals surface area (Å²) in [5, 5.41) is 0.392. The fraction of sp³-hybridized carbons (Fsp3) is 0.448. The van der Waals surface area contributed by atoms with E-state index in [1.165, 1.54) is 28.4 Å². The predicted octanol–water partition coefficient (Wildman–Crippen LogP) is 3.50. The van der Waals surface area contributed by atoms with Gasteiger partial charge in [-0.3, -0.25) is 18.7 Å². The first kappa shape index (κ1) is 27.4. The quantitative estimate of drug-likeness (QED) is 0.301. The van der Waals surface area contributed by atoms with Gasteiger partial charge in [-0.1, -0.05) is 18.2 Å². The zero-order valence-electron chi connectivity index (χ0n) is 23.0. The first-order chi connectivity index (χ1) is 19.8. The van der Waals surface area contributed by atoms with Crippen LogP contribution in [0.5, 0.6) is 5.75 Å².